The van der Waals surface area contributed by atoms with E-state index in [1.54, 1.807) is 0 Å². The van der Waals surface area contributed by atoms with Gasteiger partial charge in [-0.15, -0.1) is 0 Å². The largest absolute Gasteiger partial charge is 0.390 e. The van der Waals surface area contributed by atoms with Gasteiger partial charge >= 0.3 is 0 Å². The fraction of sp³-hybridized carbons (Fsp3) is 0.391. The molecule has 0 aliphatic carbocycles. The Morgan fingerprint density at radius 2 is 1.94 bits per heavy atom. The van der Waals surface area contributed by atoms with Gasteiger partial charge in [0.05, 0.1) is 42.4 Å². The van der Waals surface area contributed by atoms with Crippen LogP contribution in [0.1, 0.15) is 26.3 Å². The van der Waals surface area contributed by atoms with Crippen molar-refractivity contribution < 1.29 is 23.4 Å². The average molecular weight is 523 g/mol. The number of rotatable bonds is 4. The van der Waals surface area contributed by atoms with Crippen LogP contribution in [0.2, 0.25) is 5.02 Å². The maximum atomic E-state index is 13.6. The number of hydrogen-bond acceptors (Lipinski definition) is 7. The highest BCUT2D eigenvalue weighted by Gasteiger charge is 2.54. The number of nitro benzene ring substituents is 1. The van der Waals surface area contributed by atoms with Crippen LogP contribution in [0.3, 0.4) is 0 Å². The van der Waals surface area contributed by atoms with Crippen LogP contribution in [0.4, 0.5) is 15.8 Å². The van der Waals surface area contributed by atoms with Crippen molar-refractivity contribution >= 4 is 44.4 Å². The summed E-state index contributed by atoms with van der Waals surface area (Å²) >= 11 is 5.91. The van der Waals surface area contributed by atoms with Crippen LogP contribution in [0, 0.1) is 27.3 Å². The van der Waals surface area contributed by atoms with Gasteiger partial charge < -0.3 is 10.0 Å². The maximum Gasteiger partial charge on any atom is 0.270 e. The number of carbonyl (C=O) groups excluding carboxylic acids is 1. The lowest BCUT2D eigenvalue weighted by Gasteiger charge is -2.36. The predicted molar refractivity (Wildman–Crippen MR) is 130 cm³/mol. The van der Waals surface area contributed by atoms with Crippen molar-refractivity contribution in [3.8, 4) is 0 Å². The number of benzene rings is 2. The van der Waals surface area contributed by atoms with E-state index in [9.17, 15) is 28.6 Å². The number of carbonyl (C=O) groups is 1. The standard InChI is InChI=1S/C23H24ClFN4O5S/c1-23(2,3)20-19(30)18(22(31)28(20)11-12-5-7-15(25)14(24)9-12)21-26-16-8-6-13(29(32)33)10-17(16)35(4,34)27-21/h5-10,18-20,30H,11H2,1-4H3/t18?,19?,20-,35?/m1/s1. The number of hydrogen-bond donors (Lipinski definition) is 1. The van der Waals surface area contributed by atoms with E-state index in [1.807, 2.05) is 20.8 Å². The van der Waals surface area contributed by atoms with Crippen molar-refractivity contribution in [2.75, 3.05) is 6.26 Å². The van der Waals surface area contributed by atoms with E-state index in [4.69, 9.17) is 11.6 Å². The first-order valence-corrected chi connectivity index (χ1v) is 13.0. The minimum Gasteiger partial charge on any atom is -0.390 e. The first-order chi connectivity index (χ1) is 16.2. The molecule has 1 N–H and O–H groups in total. The van der Waals surface area contributed by atoms with E-state index < -0.39 is 49.9 Å². The zero-order valence-corrected chi connectivity index (χ0v) is 21.0. The Kier molecular flexibility index (Phi) is 6.23. The van der Waals surface area contributed by atoms with Crippen LogP contribution in [0.5, 0.6) is 0 Å². The molecule has 0 radical (unpaired) electrons. The first-order valence-electron chi connectivity index (χ1n) is 10.7. The number of amides is 1. The molecule has 12 heteroatoms. The number of aliphatic hydroxyl groups is 1. The van der Waals surface area contributed by atoms with E-state index in [0.717, 1.165) is 6.07 Å². The number of likely N-dealkylation sites (tertiary alicyclic amines) is 1. The minimum atomic E-state index is -3.17. The second-order valence-corrected chi connectivity index (χ2v) is 12.4. The van der Waals surface area contributed by atoms with E-state index in [2.05, 4.69) is 9.36 Å². The summed E-state index contributed by atoms with van der Waals surface area (Å²) in [5.74, 6) is -2.34. The molecule has 1 fully saturated rings. The van der Waals surface area contributed by atoms with Crippen molar-refractivity contribution in [2.45, 2.75) is 44.4 Å². The molecule has 3 unspecified atom stereocenters. The van der Waals surface area contributed by atoms with Crippen LogP contribution >= 0.6 is 11.6 Å². The molecule has 0 bridgehead atoms. The summed E-state index contributed by atoms with van der Waals surface area (Å²) in [6.07, 6.45) is 0.0889. The zero-order valence-electron chi connectivity index (χ0n) is 19.4. The smallest absolute Gasteiger partial charge is 0.270 e. The van der Waals surface area contributed by atoms with Crippen molar-refractivity contribution in [3.05, 3.63) is 62.9 Å². The summed E-state index contributed by atoms with van der Waals surface area (Å²) in [6.45, 7) is 5.68. The molecule has 2 aliphatic rings. The summed E-state index contributed by atoms with van der Waals surface area (Å²) in [6, 6.07) is 7.24. The van der Waals surface area contributed by atoms with Gasteiger partial charge in [0, 0.05) is 24.9 Å². The summed E-state index contributed by atoms with van der Waals surface area (Å²) in [5, 5.41) is 22.4. The van der Waals surface area contributed by atoms with Gasteiger partial charge in [-0.2, -0.15) is 4.36 Å². The van der Waals surface area contributed by atoms with Gasteiger partial charge in [0.15, 0.2) is 5.84 Å². The molecule has 4 atom stereocenters. The lowest BCUT2D eigenvalue weighted by atomic mass is 9.81. The number of nitro groups is 1. The van der Waals surface area contributed by atoms with Crippen LogP contribution in [-0.4, -0.2) is 49.3 Å². The van der Waals surface area contributed by atoms with Crippen LogP contribution in [0.15, 0.2) is 50.6 Å². The van der Waals surface area contributed by atoms with Crippen LogP contribution < -0.4 is 0 Å². The molecule has 4 rings (SSSR count). The highest BCUT2D eigenvalue weighted by Crippen LogP contribution is 2.41. The number of amidine groups is 1. The van der Waals surface area contributed by atoms with Crippen molar-refractivity contribution in [2.24, 2.45) is 20.7 Å². The second-order valence-electron chi connectivity index (χ2n) is 9.77. The second kappa shape index (κ2) is 8.65. The Morgan fingerprint density at radius 3 is 2.54 bits per heavy atom. The summed E-state index contributed by atoms with van der Waals surface area (Å²) in [5.41, 5.74) is -0.0359. The van der Waals surface area contributed by atoms with Crippen LogP contribution in [-0.2, 0) is 21.1 Å². The van der Waals surface area contributed by atoms with E-state index in [-0.39, 0.29) is 33.7 Å². The van der Waals surface area contributed by atoms with Crippen LogP contribution in [0.25, 0.3) is 0 Å². The lowest BCUT2D eigenvalue weighted by molar-refractivity contribution is -0.385. The first kappa shape index (κ1) is 25.2. The highest BCUT2D eigenvalue weighted by molar-refractivity contribution is 7.93. The van der Waals surface area contributed by atoms with Crippen molar-refractivity contribution in [1.82, 2.24) is 4.90 Å². The number of non-ortho nitro benzene ring substituents is 1. The Bertz CT molecular complexity index is 1400. The van der Waals surface area contributed by atoms with Gasteiger partial charge in [0.25, 0.3) is 5.69 Å². The summed E-state index contributed by atoms with van der Waals surface area (Å²) in [7, 11) is -3.17. The number of aliphatic hydroxyl groups excluding tert-OH is 1. The summed E-state index contributed by atoms with van der Waals surface area (Å²) in [4.78, 5) is 30.1. The minimum absolute atomic E-state index is 0.0614. The third kappa shape index (κ3) is 4.55. The molecule has 2 aromatic rings. The molecule has 9 nitrogen and oxygen atoms in total. The normalized spacial score (nSPS) is 26.3. The highest BCUT2D eigenvalue weighted by atomic mass is 35.5. The number of halogens is 2. The molecule has 1 saturated heterocycles. The molecule has 2 aromatic carbocycles. The van der Waals surface area contributed by atoms with Crippen molar-refractivity contribution in [1.29, 1.82) is 0 Å². The molecule has 35 heavy (non-hydrogen) atoms. The Hall–Kier alpha value is -2.89. The quantitative estimate of drug-likeness (QED) is 0.472. The maximum absolute atomic E-state index is 13.6. The molecule has 0 saturated carbocycles. The molecule has 0 spiro atoms. The number of aliphatic imine (C=N–C) groups is 1. The molecule has 2 aliphatic heterocycles. The zero-order chi connectivity index (χ0) is 25.9. The van der Waals surface area contributed by atoms with Gasteiger partial charge in [-0.1, -0.05) is 38.4 Å². The Labute approximate surface area is 207 Å². The number of fused-ring (bicyclic) bond motifs is 1. The van der Waals surface area contributed by atoms with Gasteiger partial charge in [0.2, 0.25) is 5.91 Å². The monoisotopic (exact) mass is 522 g/mol. The fourth-order valence-corrected chi connectivity index (χ4v) is 6.25. The van der Waals surface area contributed by atoms with Gasteiger partial charge in [-0.25, -0.2) is 13.6 Å². The molecule has 2 heterocycles. The fourth-order valence-electron chi connectivity index (χ4n) is 4.59. The third-order valence-electron chi connectivity index (χ3n) is 6.12. The molecule has 186 valence electrons. The lowest BCUT2D eigenvalue weighted by Crippen LogP contribution is -2.46. The average Bonchev–Trinajstić information content (AvgIpc) is 2.99. The predicted octanol–water partition coefficient (Wildman–Crippen LogP) is 4.32. The topological polar surface area (TPSA) is 125 Å². The number of nitrogens with zero attached hydrogens (tertiary/aromatic N) is 4. The molecule has 1 amide bonds. The van der Waals surface area contributed by atoms with E-state index >= 15 is 0 Å². The molecule has 0 aromatic heterocycles. The third-order valence-corrected chi connectivity index (χ3v) is 8.09. The molecular formula is C23H24ClFN4O5S. The summed E-state index contributed by atoms with van der Waals surface area (Å²) < 4.78 is 31.2. The Morgan fingerprint density at radius 1 is 1.26 bits per heavy atom. The van der Waals surface area contributed by atoms with Gasteiger partial charge in [-0.05, 0) is 29.2 Å². The van der Waals surface area contributed by atoms with Gasteiger partial charge in [0.1, 0.15) is 11.7 Å². The Balaban J connectivity index is 1.78. The molecular weight excluding hydrogens is 499 g/mol. The van der Waals surface area contributed by atoms with Crippen molar-refractivity contribution in [3.63, 3.8) is 0 Å². The van der Waals surface area contributed by atoms with E-state index in [1.165, 1.54) is 41.5 Å². The van der Waals surface area contributed by atoms with E-state index in [0.29, 0.717) is 5.56 Å². The van der Waals surface area contributed by atoms with Gasteiger partial charge in [-0.3, -0.25) is 14.9 Å². The SMILES string of the molecule is CC(C)(C)[C@H]1C(O)C(C2=Nc3ccc([N+](=O)[O-])cc3S(C)(=O)=N2)C(=O)N1Cc1ccc(F)c(Cl)c1.